The van der Waals surface area contributed by atoms with Gasteiger partial charge in [0.05, 0.1) is 11.0 Å². The van der Waals surface area contributed by atoms with Crippen LogP contribution in [0.4, 0.5) is 9.59 Å². The van der Waals surface area contributed by atoms with E-state index in [-0.39, 0.29) is 40.7 Å². The molecule has 0 saturated carbocycles. The molecule has 2 amide bonds. The minimum Gasteiger partial charge on any atom is -0.507 e. The largest absolute Gasteiger partial charge is 0.507 e. The zero-order chi connectivity index (χ0) is 44.7. The Morgan fingerprint density at radius 1 is 0.567 bits per heavy atom. The van der Waals surface area contributed by atoms with Crippen molar-refractivity contribution < 1.29 is 49.2 Å². The summed E-state index contributed by atoms with van der Waals surface area (Å²) < 4.78 is 2.68. The Morgan fingerprint density at radius 3 is 1.35 bits per heavy atom. The molecule has 6 rings (SSSR count). The molecule has 312 valence electrons. The van der Waals surface area contributed by atoms with Crippen molar-refractivity contribution in [3.8, 4) is 0 Å². The predicted octanol–water partition coefficient (Wildman–Crippen LogP) is 9.00. The summed E-state index contributed by atoms with van der Waals surface area (Å²) in [5.74, 6) is -4.26. The number of aromatic nitrogens is 3. The minimum atomic E-state index is -1.69. The number of aliphatic hydroxyl groups excluding tert-OH is 3. The molecular weight excluding hydrogens is 841 g/mol. The number of fused-ring (bicyclic) bond motifs is 3. The van der Waals surface area contributed by atoms with Crippen LogP contribution < -0.4 is 0 Å². The molecule has 3 aromatic carbocycles. The number of nitrogens with zero attached hydrogens (tertiary/aromatic N) is 4. The van der Waals surface area contributed by atoms with Gasteiger partial charge in [-0.15, -0.1) is 0 Å². The zero-order valence-electron chi connectivity index (χ0n) is 32.8. The highest BCUT2D eigenvalue weighted by Crippen LogP contribution is 2.31. The van der Waals surface area contributed by atoms with E-state index in [1.54, 1.807) is 76.9 Å². The number of halogens is 3. The molecule has 5 N–H and O–H groups in total. The molecule has 0 spiro atoms. The van der Waals surface area contributed by atoms with E-state index in [9.17, 15) is 44.1 Å². The fourth-order valence-electron chi connectivity index (χ4n) is 5.67. The van der Waals surface area contributed by atoms with Gasteiger partial charge in [-0.1, -0.05) is 34.8 Å². The molecule has 0 saturated heterocycles. The lowest BCUT2D eigenvalue weighted by Crippen LogP contribution is -2.26. The van der Waals surface area contributed by atoms with Crippen molar-refractivity contribution in [3.63, 3.8) is 0 Å². The molecular formula is C42H38Cl3N5O10. The van der Waals surface area contributed by atoms with Crippen LogP contribution in [0.3, 0.4) is 0 Å². The van der Waals surface area contributed by atoms with Crippen molar-refractivity contribution in [2.45, 2.75) is 13.8 Å². The summed E-state index contributed by atoms with van der Waals surface area (Å²) >= 11 is 17.8. The number of nitrogens with one attached hydrogen (secondary N) is 1. The van der Waals surface area contributed by atoms with Gasteiger partial charge in [-0.25, -0.2) is 14.4 Å². The molecule has 0 bridgehead atoms. The average Bonchev–Trinajstić information content (AvgIpc) is 3.87. The number of rotatable bonds is 7. The SMILES string of the molecule is CC(=O)C=C(O)c1c[nH]c2ccc(Cl)cc12.CC(=O)C=C(O)c1cn(C(=O)N(C)C)c2ccc(Cl)cc12.CN(C)C(=O)n1cc(C(O)=CC(=O)C(=O)O)c2cc(Cl)ccc21. The highest BCUT2D eigenvalue weighted by Gasteiger charge is 2.20. The Morgan fingerprint density at radius 2 is 0.950 bits per heavy atom. The third kappa shape index (κ3) is 10.8. The molecule has 3 heterocycles. The van der Waals surface area contributed by atoms with Crippen molar-refractivity contribution in [1.82, 2.24) is 23.9 Å². The number of hydrogen-bond donors (Lipinski definition) is 5. The van der Waals surface area contributed by atoms with E-state index >= 15 is 0 Å². The lowest BCUT2D eigenvalue weighted by atomic mass is 10.1. The van der Waals surface area contributed by atoms with E-state index in [4.69, 9.17) is 39.9 Å². The van der Waals surface area contributed by atoms with Gasteiger partial charge in [-0.2, -0.15) is 0 Å². The van der Waals surface area contributed by atoms with Crippen LogP contribution in [0.25, 0.3) is 50.0 Å². The summed E-state index contributed by atoms with van der Waals surface area (Å²) in [5.41, 5.74) is 3.03. The third-order valence-corrected chi connectivity index (χ3v) is 9.05. The van der Waals surface area contributed by atoms with Crippen LogP contribution in [0.15, 0.2) is 91.4 Å². The maximum Gasteiger partial charge on any atom is 0.376 e. The third-order valence-electron chi connectivity index (χ3n) is 8.34. The molecule has 0 fully saturated rings. The number of H-pyrrole nitrogens is 1. The first-order valence-corrected chi connectivity index (χ1v) is 18.6. The number of carboxylic acid groups (broad SMARTS) is 1. The number of ketones is 3. The molecule has 0 aliphatic heterocycles. The number of aromatic amines is 1. The number of allylic oxidation sites excluding steroid dienone is 2. The van der Waals surface area contributed by atoms with Gasteiger partial charge in [-0.3, -0.25) is 23.5 Å². The maximum atomic E-state index is 12.2. The van der Waals surface area contributed by atoms with E-state index in [2.05, 4.69) is 4.98 Å². The summed E-state index contributed by atoms with van der Waals surface area (Å²) in [6.45, 7) is 2.73. The Labute approximate surface area is 357 Å². The van der Waals surface area contributed by atoms with Crippen molar-refractivity contribution in [2.75, 3.05) is 28.2 Å². The van der Waals surface area contributed by atoms with E-state index in [1.807, 2.05) is 6.07 Å². The van der Waals surface area contributed by atoms with Gasteiger partial charge >= 0.3 is 18.0 Å². The summed E-state index contributed by atoms with van der Waals surface area (Å²) in [5, 5.41) is 41.7. The summed E-state index contributed by atoms with van der Waals surface area (Å²) in [4.78, 5) is 74.0. The second-order valence-corrected chi connectivity index (χ2v) is 14.7. The van der Waals surface area contributed by atoms with Gasteiger partial charge in [-0.05, 0) is 68.4 Å². The standard InChI is InChI=1S/C15H13ClN2O5.C15H15ClN2O3.C12H10ClNO2/c1-17(2)15(23)18-7-10(12(19)6-13(20)14(21)22)9-5-8(16)3-4-11(9)18;1-9(19)6-14(20)12-8-18(15(21)17(2)3)13-5-4-10(16)7-11(12)13;1-7(15)4-12(16)10-6-14-11-3-2-8(13)5-9(10)11/h3-7,19H,1-2H3,(H,21,22);4-8,20H,1-3H3;2-6,14,16H,1H3. The average molecular weight is 879 g/mol. The lowest BCUT2D eigenvalue weighted by Gasteiger charge is -2.11. The molecule has 0 radical (unpaired) electrons. The number of hydrogen-bond acceptors (Lipinski definition) is 9. The molecule has 18 heteroatoms. The van der Waals surface area contributed by atoms with E-state index in [1.165, 1.54) is 57.3 Å². The Balaban J connectivity index is 0.000000201. The van der Waals surface area contributed by atoms with Gasteiger partial charge in [0.25, 0.3) is 5.78 Å². The van der Waals surface area contributed by atoms with Crippen LogP contribution in [0.5, 0.6) is 0 Å². The van der Waals surface area contributed by atoms with Crippen molar-refractivity contribution in [2.24, 2.45) is 0 Å². The van der Waals surface area contributed by atoms with E-state index in [0.717, 1.165) is 17.0 Å². The fraction of sp³-hybridized carbons (Fsp3) is 0.143. The second-order valence-electron chi connectivity index (χ2n) is 13.4. The number of aliphatic carboxylic acids is 1. The second kappa shape index (κ2) is 19.3. The highest BCUT2D eigenvalue weighted by molar-refractivity contribution is 6.38. The number of carbonyl (C=O) groups is 6. The van der Waals surface area contributed by atoms with Crippen molar-refractivity contribution in [1.29, 1.82) is 0 Å². The topological polar surface area (TPSA) is 215 Å². The van der Waals surface area contributed by atoms with Crippen LogP contribution in [-0.2, 0) is 19.2 Å². The normalized spacial score (nSPS) is 11.7. The quantitative estimate of drug-likeness (QED) is 0.0583. The molecule has 60 heavy (non-hydrogen) atoms. The monoisotopic (exact) mass is 877 g/mol. The van der Waals surface area contributed by atoms with E-state index < -0.39 is 17.5 Å². The van der Waals surface area contributed by atoms with Gasteiger partial charge < -0.3 is 35.2 Å². The lowest BCUT2D eigenvalue weighted by molar-refractivity contribution is -0.146. The summed E-state index contributed by atoms with van der Waals surface area (Å²) in [7, 11) is 6.39. The Bertz CT molecular complexity index is 2790. The summed E-state index contributed by atoms with van der Waals surface area (Å²) in [6, 6.07) is 14.4. The van der Waals surface area contributed by atoms with Gasteiger partial charge in [0.2, 0.25) is 0 Å². The van der Waals surface area contributed by atoms with Gasteiger partial charge in [0.1, 0.15) is 17.3 Å². The minimum absolute atomic E-state index is 0.0546. The molecule has 3 aromatic heterocycles. The smallest absolute Gasteiger partial charge is 0.376 e. The molecule has 0 aliphatic rings. The number of benzene rings is 3. The highest BCUT2D eigenvalue weighted by atomic mass is 35.5. The fourth-order valence-corrected chi connectivity index (χ4v) is 6.19. The first-order chi connectivity index (χ1) is 28.1. The Hall–Kier alpha value is -6.81. The summed E-state index contributed by atoms with van der Waals surface area (Å²) in [6.07, 6.45) is 7.35. The number of carboxylic acids is 1. The zero-order valence-corrected chi connectivity index (χ0v) is 35.1. The maximum absolute atomic E-state index is 12.2. The first-order valence-electron chi connectivity index (χ1n) is 17.4. The number of aliphatic hydroxyl groups is 3. The van der Waals surface area contributed by atoms with E-state index in [0.29, 0.717) is 54.1 Å². The van der Waals surface area contributed by atoms with Crippen LogP contribution in [-0.4, -0.2) is 108 Å². The van der Waals surface area contributed by atoms with Crippen LogP contribution >= 0.6 is 34.8 Å². The van der Waals surface area contributed by atoms with Crippen molar-refractivity contribution in [3.05, 3.63) is 123 Å². The van der Waals surface area contributed by atoms with Crippen LogP contribution in [0.2, 0.25) is 15.1 Å². The molecule has 0 aliphatic carbocycles. The van der Waals surface area contributed by atoms with Gasteiger partial charge in [0, 0.05) is 118 Å². The van der Waals surface area contributed by atoms with Crippen molar-refractivity contribution >= 4 is 120 Å². The molecule has 15 nitrogen and oxygen atoms in total. The van der Waals surface area contributed by atoms with Gasteiger partial charge in [0.15, 0.2) is 11.6 Å². The molecule has 0 atom stereocenters. The molecule has 6 aromatic rings. The molecule has 0 unspecified atom stereocenters. The van der Waals surface area contributed by atoms with Crippen LogP contribution in [0.1, 0.15) is 30.5 Å². The van der Waals surface area contributed by atoms with Crippen LogP contribution in [0, 0.1) is 0 Å². The predicted molar refractivity (Wildman–Crippen MR) is 232 cm³/mol. The first kappa shape index (κ1) is 45.9. The number of carbonyl (C=O) groups excluding carboxylic acids is 5. The number of amides is 2. The Kier molecular flexibility index (Phi) is 14.8.